The zero-order chi connectivity index (χ0) is 45.9. The number of rotatable bonds is 8. The maximum atomic E-state index is 9.81. The van der Waals surface area contributed by atoms with Crippen LogP contribution in [-0.2, 0) is 33.0 Å². The summed E-state index contributed by atoms with van der Waals surface area (Å²) in [6, 6.07) is 57.4. The Morgan fingerprint density at radius 1 is 0.750 bits per heavy atom. The number of aromatic nitrogens is 2. The van der Waals surface area contributed by atoms with E-state index < -0.39 is 6.85 Å². The second-order valence-corrected chi connectivity index (χ2v) is 17.3. The Morgan fingerprint density at radius 2 is 1.50 bits per heavy atom. The van der Waals surface area contributed by atoms with E-state index in [-0.39, 0.29) is 32.0 Å². The normalized spacial score (nSPS) is 13.2. The predicted octanol–water partition coefficient (Wildman–Crippen LogP) is 14.3. The molecule has 0 radical (unpaired) electrons. The average molecular weight is 1020 g/mol. The summed E-state index contributed by atoms with van der Waals surface area (Å²) < 4.78 is 34.7. The van der Waals surface area contributed by atoms with Gasteiger partial charge in [0.2, 0.25) is 0 Å². The first-order chi connectivity index (χ1) is 31.7. The van der Waals surface area contributed by atoms with Crippen molar-refractivity contribution < 1.29 is 29.9 Å². The monoisotopic (exact) mass is 1010 g/mol. The second-order valence-electron chi connectivity index (χ2n) is 17.3. The SMILES string of the molecule is [2H]C([2H])([2H])c1cc(-n2c3[c-]c(Oc4[c-]c(N5[CH-]N(Cc6cc(C)cc(C)c6)c6ccccc65)ccc4)ccc3c3c(-c4cccc(C#N)c4)cccc32)ncc1-c1ccc(C(C)(C)C)cc1.[Pt]. The number of nitriles is 1. The number of pyridine rings is 1. The van der Waals surface area contributed by atoms with Gasteiger partial charge in [-0.2, -0.15) is 24.1 Å². The molecule has 0 aliphatic carbocycles. The molecule has 6 nitrogen and oxygen atoms in total. The standard InChI is InChI=1S/C57H46N5O.Pt/c1-37-26-38(2)28-41(27-37)35-60-36-61(52-18-8-7-17-51(52)60)45-14-10-15-46(31-45)63-47-24-25-49-54(32-47)62(53-19-11-16-48(56(49)53)43-13-9-12-40(30-43)33-58)55-29-39(3)50(34-59-55)42-20-22-44(23-21-42)57(4,5)6;/h7-30,34,36H,35H2,1-6H3;/q-3;/i3D3;. The van der Waals surface area contributed by atoms with Gasteiger partial charge in [-0.3, -0.25) is 0 Å². The second kappa shape index (κ2) is 17.0. The topological polar surface area (TPSA) is 57.3 Å². The molecule has 0 atom stereocenters. The Labute approximate surface area is 394 Å². The van der Waals surface area contributed by atoms with Crippen LogP contribution in [0.3, 0.4) is 0 Å². The van der Waals surface area contributed by atoms with Crippen LogP contribution in [0.4, 0.5) is 17.1 Å². The largest absolute Gasteiger partial charge is 0.509 e. The van der Waals surface area contributed by atoms with E-state index >= 15 is 0 Å². The van der Waals surface area contributed by atoms with Crippen molar-refractivity contribution in [1.29, 1.82) is 5.26 Å². The van der Waals surface area contributed by atoms with Gasteiger partial charge in [0.25, 0.3) is 0 Å². The fourth-order valence-electron chi connectivity index (χ4n) is 8.82. The van der Waals surface area contributed by atoms with Crippen molar-refractivity contribution in [2.45, 2.75) is 53.4 Å². The summed E-state index contributed by atoms with van der Waals surface area (Å²) in [7, 11) is 0. The number of aryl methyl sites for hydroxylation is 3. The van der Waals surface area contributed by atoms with Crippen molar-refractivity contribution in [3.8, 4) is 45.6 Å². The number of hydrogen-bond donors (Lipinski definition) is 0. The van der Waals surface area contributed by atoms with Crippen molar-refractivity contribution in [2.24, 2.45) is 0 Å². The minimum absolute atomic E-state index is 0. The third kappa shape index (κ3) is 7.98. The maximum Gasteiger partial charge on any atom is 0.135 e. The average Bonchev–Trinajstić information content (AvgIpc) is 3.83. The molecule has 0 bridgehead atoms. The van der Waals surface area contributed by atoms with Crippen LogP contribution in [0.25, 0.3) is 49.9 Å². The summed E-state index contributed by atoms with van der Waals surface area (Å²) in [6.07, 6.45) is 1.67. The molecule has 1 aliphatic rings. The number of fused-ring (bicyclic) bond motifs is 4. The molecule has 0 amide bonds. The summed E-state index contributed by atoms with van der Waals surface area (Å²) in [5, 5.41) is 11.6. The molecule has 7 heteroatoms. The van der Waals surface area contributed by atoms with Crippen molar-refractivity contribution in [3.63, 3.8) is 0 Å². The van der Waals surface area contributed by atoms with Gasteiger partial charge in [0.1, 0.15) is 5.82 Å². The third-order valence-electron chi connectivity index (χ3n) is 11.7. The molecule has 0 N–H and O–H groups in total. The van der Waals surface area contributed by atoms with Gasteiger partial charge < -0.3 is 19.1 Å². The van der Waals surface area contributed by atoms with Gasteiger partial charge in [-0.25, -0.2) is 4.98 Å². The summed E-state index contributed by atoms with van der Waals surface area (Å²) in [4.78, 5) is 9.39. The molecule has 7 aromatic carbocycles. The van der Waals surface area contributed by atoms with E-state index in [0.717, 1.165) is 62.1 Å². The zero-order valence-corrected chi connectivity index (χ0v) is 38.5. The van der Waals surface area contributed by atoms with Crippen LogP contribution < -0.4 is 14.5 Å². The Bertz CT molecular complexity index is 3360. The molecule has 0 fully saturated rings. The van der Waals surface area contributed by atoms with E-state index in [1.807, 2.05) is 89.5 Å². The summed E-state index contributed by atoms with van der Waals surface area (Å²) >= 11 is 0. The van der Waals surface area contributed by atoms with Gasteiger partial charge in [0, 0.05) is 71.9 Å². The summed E-state index contributed by atoms with van der Waals surface area (Å²) in [6.45, 7) is 11.1. The van der Waals surface area contributed by atoms with Crippen molar-refractivity contribution in [1.82, 2.24) is 9.55 Å². The number of para-hydroxylation sites is 2. The van der Waals surface area contributed by atoms with Gasteiger partial charge in [-0.1, -0.05) is 116 Å². The van der Waals surface area contributed by atoms with Gasteiger partial charge in [-0.05, 0) is 101 Å². The van der Waals surface area contributed by atoms with Crippen LogP contribution >= 0.6 is 0 Å². The third-order valence-corrected chi connectivity index (χ3v) is 11.7. The molecule has 0 spiro atoms. The molecule has 0 saturated carbocycles. The van der Waals surface area contributed by atoms with Gasteiger partial charge in [0.05, 0.1) is 11.6 Å². The van der Waals surface area contributed by atoms with Crippen LogP contribution in [0.15, 0.2) is 152 Å². The molecule has 9 aromatic rings. The van der Waals surface area contributed by atoms with Gasteiger partial charge in [-0.15, -0.1) is 41.4 Å². The van der Waals surface area contributed by atoms with E-state index in [0.29, 0.717) is 34.0 Å². The van der Waals surface area contributed by atoms with E-state index in [9.17, 15) is 5.26 Å². The quantitative estimate of drug-likeness (QED) is 0.142. The molecule has 0 saturated heterocycles. The van der Waals surface area contributed by atoms with Crippen molar-refractivity contribution in [3.05, 3.63) is 204 Å². The summed E-state index contributed by atoms with van der Waals surface area (Å²) in [5.74, 6) is 1.37. The Balaban J connectivity index is 0.00000562. The first-order valence-electron chi connectivity index (χ1n) is 22.6. The molecule has 0 unspecified atom stereocenters. The Kier molecular flexibility index (Phi) is 10.3. The molecular weight excluding hydrogens is 966 g/mol. The molecule has 2 aromatic heterocycles. The Hall–Kier alpha value is -6.93. The molecule has 64 heavy (non-hydrogen) atoms. The molecule has 3 heterocycles. The molecule has 10 rings (SSSR count). The number of nitrogens with zero attached hydrogens (tertiary/aromatic N) is 5. The number of benzene rings is 7. The molecule has 318 valence electrons. The zero-order valence-electron chi connectivity index (χ0n) is 39.2. The van der Waals surface area contributed by atoms with Crippen LogP contribution in [0.1, 0.15) is 58.3 Å². The summed E-state index contributed by atoms with van der Waals surface area (Å²) in [5.41, 5.74) is 13.1. The van der Waals surface area contributed by atoms with Crippen molar-refractivity contribution >= 4 is 38.9 Å². The number of anilines is 3. The van der Waals surface area contributed by atoms with Gasteiger partial charge in [0.15, 0.2) is 0 Å². The maximum absolute atomic E-state index is 9.81. The van der Waals surface area contributed by atoms with E-state index in [1.165, 1.54) is 16.7 Å². The minimum Gasteiger partial charge on any atom is -0.509 e. The predicted molar refractivity (Wildman–Crippen MR) is 257 cm³/mol. The number of ether oxygens (including phenoxy) is 1. The molecule has 1 aliphatic heterocycles. The van der Waals surface area contributed by atoms with E-state index in [2.05, 4.69) is 118 Å². The van der Waals surface area contributed by atoms with E-state index in [4.69, 9.17) is 13.8 Å². The fraction of sp³-hybridized carbons (Fsp3) is 0.140. The van der Waals surface area contributed by atoms with Crippen LogP contribution in [0.5, 0.6) is 11.5 Å². The van der Waals surface area contributed by atoms with E-state index in [1.54, 1.807) is 18.3 Å². The number of hydrogen-bond acceptors (Lipinski definition) is 5. The van der Waals surface area contributed by atoms with Crippen LogP contribution in [-0.4, -0.2) is 9.55 Å². The minimum atomic E-state index is -2.44. The van der Waals surface area contributed by atoms with Crippen molar-refractivity contribution in [2.75, 3.05) is 9.80 Å². The fourth-order valence-corrected chi connectivity index (χ4v) is 8.82. The smallest absolute Gasteiger partial charge is 0.135 e. The van der Waals surface area contributed by atoms with Crippen LogP contribution in [0.2, 0.25) is 0 Å². The van der Waals surface area contributed by atoms with Gasteiger partial charge >= 0.3 is 0 Å². The van der Waals surface area contributed by atoms with Crippen LogP contribution in [0, 0.1) is 50.8 Å². The first-order valence-corrected chi connectivity index (χ1v) is 21.1. The Morgan fingerprint density at radius 3 is 2.27 bits per heavy atom. The molecular formula is C57H46N5OPt-3. The first kappa shape index (κ1) is 38.7.